The van der Waals surface area contributed by atoms with Crippen LogP contribution >= 0.6 is 0 Å². The average Bonchev–Trinajstić information content (AvgIpc) is 2.37. The summed E-state index contributed by atoms with van der Waals surface area (Å²) in [6.07, 6.45) is -3.62. The van der Waals surface area contributed by atoms with E-state index in [0.717, 1.165) is 12.1 Å². The van der Waals surface area contributed by atoms with Crippen molar-refractivity contribution >= 4 is 5.91 Å². The molecule has 1 aromatic rings. The van der Waals surface area contributed by atoms with Crippen molar-refractivity contribution in [1.82, 2.24) is 5.32 Å². The lowest BCUT2D eigenvalue weighted by Crippen LogP contribution is -2.40. The fraction of sp³-hybridized carbons (Fsp3) is 0.533. The van der Waals surface area contributed by atoms with Crippen LogP contribution in [0.15, 0.2) is 24.3 Å². The zero-order valence-corrected chi connectivity index (χ0v) is 12.2. The number of halogens is 3. The standard InChI is InChI=1S/C15H21F3N2O/c1-10(2)13(7-8-19)20-14(21)9-11-3-5-12(6-4-11)15(16,17)18/h3-6,10,13H,7-9,19H2,1-2H3,(H,20,21). The van der Waals surface area contributed by atoms with E-state index in [4.69, 9.17) is 5.73 Å². The molecule has 3 nitrogen and oxygen atoms in total. The van der Waals surface area contributed by atoms with Gasteiger partial charge in [0.25, 0.3) is 0 Å². The molecule has 0 saturated carbocycles. The highest BCUT2D eigenvalue weighted by molar-refractivity contribution is 5.78. The van der Waals surface area contributed by atoms with Gasteiger partial charge in [-0.05, 0) is 36.6 Å². The van der Waals surface area contributed by atoms with E-state index in [-0.39, 0.29) is 24.3 Å². The van der Waals surface area contributed by atoms with Crippen LogP contribution < -0.4 is 11.1 Å². The molecular weight excluding hydrogens is 281 g/mol. The summed E-state index contributed by atoms with van der Waals surface area (Å²) in [5, 5.41) is 2.87. The molecule has 0 bridgehead atoms. The molecule has 0 spiro atoms. The molecule has 0 aliphatic carbocycles. The van der Waals surface area contributed by atoms with Crippen LogP contribution in [0.25, 0.3) is 0 Å². The molecular formula is C15H21F3N2O. The second kappa shape index (κ2) is 7.45. The van der Waals surface area contributed by atoms with Crippen molar-refractivity contribution < 1.29 is 18.0 Å². The Balaban J connectivity index is 2.62. The Labute approximate surface area is 122 Å². The topological polar surface area (TPSA) is 55.1 Å². The lowest BCUT2D eigenvalue weighted by molar-refractivity contribution is -0.137. The molecule has 1 rings (SSSR count). The smallest absolute Gasteiger partial charge is 0.353 e. The van der Waals surface area contributed by atoms with Gasteiger partial charge in [0.2, 0.25) is 5.91 Å². The first-order valence-electron chi connectivity index (χ1n) is 6.89. The van der Waals surface area contributed by atoms with E-state index < -0.39 is 11.7 Å². The lowest BCUT2D eigenvalue weighted by Gasteiger charge is -2.21. The van der Waals surface area contributed by atoms with Gasteiger partial charge in [-0.1, -0.05) is 26.0 Å². The second-order valence-corrected chi connectivity index (χ2v) is 5.37. The maximum Gasteiger partial charge on any atom is 0.416 e. The van der Waals surface area contributed by atoms with E-state index >= 15 is 0 Å². The number of carbonyl (C=O) groups excluding carboxylic acids is 1. The van der Waals surface area contributed by atoms with Crippen molar-refractivity contribution in [3.05, 3.63) is 35.4 Å². The lowest BCUT2D eigenvalue weighted by atomic mass is 10.0. The SMILES string of the molecule is CC(C)C(CCN)NC(=O)Cc1ccc(C(F)(F)F)cc1. The molecule has 0 heterocycles. The molecule has 0 radical (unpaired) electrons. The Bertz CT molecular complexity index is 455. The van der Waals surface area contributed by atoms with Gasteiger partial charge < -0.3 is 11.1 Å². The number of nitrogens with one attached hydrogen (secondary N) is 1. The zero-order chi connectivity index (χ0) is 16.0. The third-order valence-corrected chi connectivity index (χ3v) is 3.27. The Morgan fingerprint density at radius 3 is 2.24 bits per heavy atom. The van der Waals surface area contributed by atoms with Gasteiger partial charge in [0.1, 0.15) is 0 Å². The van der Waals surface area contributed by atoms with Gasteiger partial charge in [0.15, 0.2) is 0 Å². The van der Waals surface area contributed by atoms with Crippen LogP contribution in [0.2, 0.25) is 0 Å². The minimum atomic E-state index is -4.36. The van der Waals surface area contributed by atoms with Crippen molar-refractivity contribution in [2.24, 2.45) is 11.7 Å². The molecule has 0 fully saturated rings. The first-order valence-corrected chi connectivity index (χ1v) is 6.89. The number of hydrogen-bond donors (Lipinski definition) is 2. The second-order valence-electron chi connectivity index (χ2n) is 5.37. The molecule has 6 heteroatoms. The number of hydrogen-bond acceptors (Lipinski definition) is 2. The molecule has 0 aromatic heterocycles. The summed E-state index contributed by atoms with van der Waals surface area (Å²) >= 11 is 0. The van der Waals surface area contributed by atoms with Crippen molar-refractivity contribution in [3.63, 3.8) is 0 Å². The van der Waals surface area contributed by atoms with Gasteiger partial charge in [0.05, 0.1) is 12.0 Å². The molecule has 1 atom stereocenters. The number of carbonyl (C=O) groups is 1. The van der Waals surface area contributed by atoms with Crippen molar-refractivity contribution in [3.8, 4) is 0 Å². The molecule has 0 saturated heterocycles. The van der Waals surface area contributed by atoms with E-state index in [1.54, 1.807) is 0 Å². The quantitative estimate of drug-likeness (QED) is 0.849. The molecule has 1 amide bonds. The normalized spacial score (nSPS) is 13.3. The molecule has 0 aliphatic rings. The van der Waals surface area contributed by atoms with Crippen molar-refractivity contribution in [2.75, 3.05) is 6.54 Å². The van der Waals surface area contributed by atoms with Crippen LogP contribution in [0.4, 0.5) is 13.2 Å². The molecule has 3 N–H and O–H groups in total. The van der Waals surface area contributed by atoms with Crippen LogP contribution in [0, 0.1) is 5.92 Å². The molecule has 0 aliphatic heterocycles. The average molecular weight is 302 g/mol. The summed E-state index contributed by atoms with van der Waals surface area (Å²) < 4.78 is 37.3. The van der Waals surface area contributed by atoms with Gasteiger partial charge >= 0.3 is 6.18 Å². The van der Waals surface area contributed by atoms with Crippen LogP contribution in [0.3, 0.4) is 0 Å². The Morgan fingerprint density at radius 2 is 1.81 bits per heavy atom. The van der Waals surface area contributed by atoms with Gasteiger partial charge in [-0.25, -0.2) is 0 Å². The minimum Gasteiger partial charge on any atom is -0.353 e. The molecule has 1 aromatic carbocycles. The number of alkyl halides is 3. The summed E-state index contributed by atoms with van der Waals surface area (Å²) in [6.45, 7) is 4.45. The maximum atomic E-state index is 12.4. The Morgan fingerprint density at radius 1 is 1.24 bits per heavy atom. The maximum absolute atomic E-state index is 12.4. The summed E-state index contributed by atoms with van der Waals surface area (Å²) in [5.41, 5.74) is 5.33. The van der Waals surface area contributed by atoms with Crippen LogP contribution in [-0.2, 0) is 17.4 Å². The van der Waals surface area contributed by atoms with Gasteiger partial charge in [-0.2, -0.15) is 13.2 Å². The highest BCUT2D eigenvalue weighted by Crippen LogP contribution is 2.29. The summed E-state index contributed by atoms with van der Waals surface area (Å²) in [5.74, 6) is 0.0482. The van der Waals surface area contributed by atoms with Gasteiger partial charge in [-0.15, -0.1) is 0 Å². The summed E-state index contributed by atoms with van der Waals surface area (Å²) in [4.78, 5) is 11.9. The van der Waals surface area contributed by atoms with E-state index in [2.05, 4.69) is 5.32 Å². The van der Waals surface area contributed by atoms with Gasteiger partial charge in [0, 0.05) is 6.04 Å². The molecule has 21 heavy (non-hydrogen) atoms. The van der Waals surface area contributed by atoms with E-state index in [1.165, 1.54) is 12.1 Å². The number of nitrogens with two attached hydrogens (primary N) is 1. The van der Waals surface area contributed by atoms with Gasteiger partial charge in [-0.3, -0.25) is 4.79 Å². The largest absolute Gasteiger partial charge is 0.416 e. The Kier molecular flexibility index (Phi) is 6.20. The van der Waals surface area contributed by atoms with E-state index in [1.807, 2.05) is 13.8 Å². The van der Waals surface area contributed by atoms with E-state index in [0.29, 0.717) is 18.5 Å². The number of amides is 1. The highest BCUT2D eigenvalue weighted by Gasteiger charge is 2.30. The van der Waals surface area contributed by atoms with Crippen molar-refractivity contribution in [2.45, 2.75) is 38.9 Å². The molecule has 118 valence electrons. The minimum absolute atomic E-state index is 0.0167. The predicted octanol–water partition coefficient (Wildman–Crippen LogP) is 2.74. The van der Waals surface area contributed by atoms with Crippen molar-refractivity contribution in [1.29, 1.82) is 0 Å². The summed E-state index contributed by atoms with van der Waals surface area (Å²) in [6, 6.07) is 4.62. The Hall–Kier alpha value is -1.56. The number of benzene rings is 1. The zero-order valence-electron chi connectivity index (χ0n) is 12.2. The predicted molar refractivity (Wildman–Crippen MR) is 75.6 cm³/mol. The van der Waals surface area contributed by atoms with E-state index in [9.17, 15) is 18.0 Å². The fourth-order valence-electron chi connectivity index (χ4n) is 2.01. The first kappa shape index (κ1) is 17.5. The van der Waals surface area contributed by atoms with Crippen LogP contribution in [0.1, 0.15) is 31.4 Å². The fourth-order valence-corrected chi connectivity index (χ4v) is 2.01. The number of rotatable bonds is 6. The van der Waals surface area contributed by atoms with Crippen LogP contribution in [0.5, 0.6) is 0 Å². The van der Waals surface area contributed by atoms with Crippen LogP contribution in [-0.4, -0.2) is 18.5 Å². The molecule has 1 unspecified atom stereocenters. The third-order valence-electron chi connectivity index (χ3n) is 3.27. The first-order chi connectivity index (χ1) is 9.74. The summed E-state index contributed by atoms with van der Waals surface area (Å²) in [7, 11) is 0. The highest BCUT2D eigenvalue weighted by atomic mass is 19.4. The third kappa shape index (κ3) is 5.75. The monoisotopic (exact) mass is 302 g/mol.